The van der Waals surface area contributed by atoms with Crippen molar-refractivity contribution in [3.8, 4) is 0 Å². The zero-order valence-corrected chi connectivity index (χ0v) is 13.9. The van der Waals surface area contributed by atoms with Gasteiger partial charge in [0.25, 0.3) is 5.91 Å². The van der Waals surface area contributed by atoms with Gasteiger partial charge >= 0.3 is 6.18 Å². The SMILES string of the molecule is CC(NC(=O)c1ccco1)C(=O)Nc1ccc(Br)c(C(F)(F)F)c1. The number of benzene rings is 1. The molecule has 1 heterocycles. The van der Waals surface area contributed by atoms with Gasteiger partial charge in [-0.05, 0) is 37.3 Å². The number of carbonyl (C=O) groups is 2. The molecule has 0 spiro atoms. The lowest BCUT2D eigenvalue weighted by atomic mass is 10.2. The van der Waals surface area contributed by atoms with Crippen LogP contribution < -0.4 is 10.6 Å². The van der Waals surface area contributed by atoms with Gasteiger partial charge in [0.2, 0.25) is 5.91 Å². The topological polar surface area (TPSA) is 71.3 Å². The van der Waals surface area contributed by atoms with E-state index in [0.717, 1.165) is 6.07 Å². The van der Waals surface area contributed by atoms with E-state index in [9.17, 15) is 22.8 Å². The van der Waals surface area contributed by atoms with E-state index in [1.165, 1.54) is 37.5 Å². The minimum atomic E-state index is -4.56. The Labute approximate surface area is 143 Å². The number of hydrogen-bond acceptors (Lipinski definition) is 3. The Bertz CT molecular complexity index is 745. The van der Waals surface area contributed by atoms with Crippen molar-refractivity contribution in [2.75, 3.05) is 5.32 Å². The van der Waals surface area contributed by atoms with Crippen molar-refractivity contribution in [1.82, 2.24) is 5.32 Å². The molecule has 0 radical (unpaired) electrons. The summed E-state index contributed by atoms with van der Waals surface area (Å²) in [7, 11) is 0. The standard InChI is InChI=1S/C15H12BrF3N2O3/c1-8(20-14(23)12-3-2-6-24-12)13(22)21-9-4-5-11(16)10(7-9)15(17,18)19/h2-8H,1H3,(H,20,23)(H,21,22). The number of furan rings is 1. The average molecular weight is 405 g/mol. The summed E-state index contributed by atoms with van der Waals surface area (Å²) in [6, 6.07) is 5.27. The quantitative estimate of drug-likeness (QED) is 0.813. The summed E-state index contributed by atoms with van der Waals surface area (Å²) in [6.07, 6.45) is -3.25. The molecule has 0 bridgehead atoms. The molecule has 1 unspecified atom stereocenters. The summed E-state index contributed by atoms with van der Waals surface area (Å²) in [6.45, 7) is 1.40. The second kappa shape index (κ2) is 7.08. The van der Waals surface area contributed by atoms with Crippen molar-refractivity contribution < 1.29 is 27.2 Å². The highest BCUT2D eigenvalue weighted by atomic mass is 79.9. The Hall–Kier alpha value is -2.29. The zero-order valence-electron chi connectivity index (χ0n) is 12.3. The van der Waals surface area contributed by atoms with Crippen LogP contribution in [0.2, 0.25) is 0 Å². The van der Waals surface area contributed by atoms with Crippen LogP contribution >= 0.6 is 15.9 Å². The number of carbonyl (C=O) groups excluding carboxylic acids is 2. The Morgan fingerprint density at radius 1 is 1.25 bits per heavy atom. The van der Waals surface area contributed by atoms with E-state index in [1.54, 1.807) is 0 Å². The normalized spacial score (nSPS) is 12.5. The highest BCUT2D eigenvalue weighted by molar-refractivity contribution is 9.10. The van der Waals surface area contributed by atoms with E-state index in [0.29, 0.717) is 0 Å². The molecule has 2 rings (SSSR count). The van der Waals surface area contributed by atoms with Gasteiger partial charge in [-0.3, -0.25) is 9.59 Å². The molecule has 1 aromatic heterocycles. The molecule has 1 aromatic carbocycles. The lowest BCUT2D eigenvalue weighted by Gasteiger charge is -2.15. The summed E-state index contributed by atoms with van der Waals surface area (Å²) in [5, 5.41) is 4.71. The highest BCUT2D eigenvalue weighted by Crippen LogP contribution is 2.36. The molecule has 0 saturated carbocycles. The van der Waals surface area contributed by atoms with Crippen molar-refractivity contribution in [3.63, 3.8) is 0 Å². The van der Waals surface area contributed by atoms with Gasteiger partial charge in [-0.2, -0.15) is 13.2 Å². The summed E-state index contributed by atoms with van der Waals surface area (Å²) in [4.78, 5) is 23.8. The molecular weight excluding hydrogens is 393 g/mol. The molecule has 0 aliphatic carbocycles. The molecule has 0 saturated heterocycles. The van der Waals surface area contributed by atoms with Crippen LogP contribution in [0.15, 0.2) is 45.5 Å². The molecule has 24 heavy (non-hydrogen) atoms. The number of amides is 2. The third-order valence-electron chi connectivity index (χ3n) is 3.03. The molecule has 0 fully saturated rings. The number of halogens is 4. The Morgan fingerprint density at radius 3 is 2.54 bits per heavy atom. The second-order valence-electron chi connectivity index (χ2n) is 4.85. The number of hydrogen-bond donors (Lipinski definition) is 2. The van der Waals surface area contributed by atoms with Crippen molar-refractivity contribution >= 4 is 33.4 Å². The number of anilines is 1. The third kappa shape index (κ3) is 4.38. The van der Waals surface area contributed by atoms with Gasteiger partial charge in [0.05, 0.1) is 11.8 Å². The van der Waals surface area contributed by atoms with Gasteiger partial charge < -0.3 is 15.1 Å². The molecule has 0 aliphatic rings. The second-order valence-corrected chi connectivity index (χ2v) is 5.71. The van der Waals surface area contributed by atoms with Crippen LogP contribution in [0, 0.1) is 0 Å². The fourth-order valence-corrected chi connectivity index (χ4v) is 2.28. The minimum absolute atomic E-state index is 0.0256. The van der Waals surface area contributed by atoms with Crippen LogP contribution in [0.4, 0.5) is 18.9 Å². The maximum atomic E-state index is 12.8. The molecule has 2 aromatic rings. The first-order valence-corrected chi connectivity index (χ1v) is 7.50. The van der Waals surface area contributed by atoms with Crippen molar-refractivity contribution in [2.24, 2.45) is 0 Å². The third-order valence-corrected chi connectivity index (χ3v) is 3.72. The van der Waals surface area contributed by atoms with Gasteiger partial charge in [-0.1, -0.05) is 15.9 Å². The first-order valence-electron chi connectivity index (χ1n) is 6.70. The lowest BCUT2D eigenvalue weighted by molar-refractivity contribution is -0.138. The largest absolute Gasteiger partial charge is 0.459 e. The fourth-order valence-electron chi connectivity index (χ4n) is 1.81. The monoisotopic (exact) mass is 404 g/mol. The molecular formula is C15H12BrF3N2O3. The lowest BCUT2D eigenvalue weighted by Crippen LogP contribution is -2.41. The Morgan fingerprint density at radius 2 is 1.96 bits per heavy atom. The maximum absolute atomic E-state index is 12.8. The van der Waals surface area contributed by atoms with Crippen molar-refractivity contribution in [1.29, 1.82) is 0 Å². The molecule has 128 valence electrons. The summed E-state index contributed by atoms with van der Waals surface area (Å²) in [5.74, 6) is -1.24. The van der Waals surface area contributed by atoms with Crippen LogP contribution in [-0.2, 0) is 11.0 Å². The Balaban J connectivity index is 2.05. The van der Waals surface area contributed by atoms with E-state index in [2.05, 4.69) is 26.6 Å². The smallest absolute Gasteiger partial charge is 0.417 e. The van der Waals surface area contributed by atoms with Gasteiger partial charge in [0.1, 0.15) is 6.04 Å². The van der Waals surface area contributed by atoms with Gasteiger partial charge in [-0.25, -0.2) is 0 Å². The van der Waals surface area contributed by atoms with Crippen molar-refractivity contribution in [3.05, 3.63) is 52.4 Å². The molecule has 0 aliphatic heterocycles. The highest BCUT2D eigenvalue weighted by Gasteiger charge is 2.33. The number of nitrogens with one attached hydrogen (secondary N) is 2. The van der Waals surface area contributed by atoms with E-state index in [-0.39, 0.29) is 15.9 Å². The van der Waals surface area contributed by atoms with Crippen LogP contribution in [0.3, 0.4) is 0 Å². The van der Waals surface area contributed by atoms with E-state index < -0.39 is 29.6 Å². The maximum Gasteiger partial charge on any atom is 0.417 e. The van der Waals surface area contributed by atoms with Gasteiger partial charge in [0.15, 0.2) is 5.76 Å². The molecule has 1 atom stereocenters. The van der Waals surface area contributed by atoms with Gasteiger partial charge in [0, 0.05) is 10.2 Å². The molecule has 2 N–H and O–H groups in total. The van der Waals surface area contributed by atoms with E-state index in [4.69, 9.17) is 4.42 Å². The number of rotatable bonds is 4. The average Bonchev–Trinajstić information content (AvgIpc) is 3.02. The predicted molar refractivity (Wildman–Crippen MR) is 83.4 cm³/mol. The zero-order chi connectivity index (χ0) is 17.9. The van der Waals surface area contributed by atoms with Crippen LogP contribution in [0.25, 0.3) is 0 Å². The van der Waals surface area contributed by atoms with Crippen LogP contribution in [0.5, 0.6) is 0 Å². The first-order chi connectivity index (χ1) is 11.2. The van der Waals surface area contributed by atoms with Crippen LogP contribution in [0.1, 0.15) is 23.0 Å². The van der Waals surface area contributed by atoms with E-state index in [1.807, 2.05) is 0 Å². The van der Waals surface area contributed by atoms with Crippen LogP contribution in [-0.4, -0.2) is 17.9 Å². The molecule has 9 heteroatoms. The molecule has 5 nitrogen and oxygen atoms in total. The van der Waals surface area contributed by atoms with Gasteiger partial charge in [-0.15, -0.1) is 0 Å². The van der Waals surface area contributed by atoms with Crippen molar-refractivity contribution in [2.45, 2.75) is 19.1 Å². The molecule has 2 amide bonds. The first kappa shape index (κ1) is 18.1. The summed E-state index contributed by atoms with van der Waals surface area (Å²) >= 11 is 2.82. The Kier molecular flexibility index (Phi) is 5.33. The summed E-state index contributed by atoms with van der Waals surface area (Å²) in [5.41, 5.74) is -0.942. The predicted octanol–water partition coefficient (Wildman–Crippen LogP) is 3.82. The summed E-state index contributed by atoms with van der Waals surface area (Å²) < 4.78 is 43.3. The number of alkyl halides is 3. The fraction of sp³-hybridized carbons (Fsp3) is 0.200. The van der Waals surface area contributed by atoms with E-state index >= 15 is 0 Å². The minimum Gasteiger partial charge on any atom is -0.459 e.